The SMILES string of the molecule is CCOC(=O)[C@H]1C[C@H]2O[C@H]2C[C@H]1NC(=O)OC(C)(C)C. The highest BCUT2D eigenvalue weighted by molar-refractivity contribution is 5.75. The van der Waals surface area contributed by atoms with Crippen LogP contribution in [0.5, 0.6) is 0 Å². The number of carbonyl (C=O) groups excluding carboxylic acids is 2. The van der Waals surface area contributed by atoms with Gasteiger partial charge in [0, 0.05) is 6.04 Å². The molecule has 0 aromatic rings. The van der Waals surface area contributed by atoms with Gasteiger partial charge in [-0.3, -0.25) is 4.79 Å². The van der Waals surface area contributed by atoms with E-state index >= 15 is 0 Å². The maximum absolute atomic E-state index is 12.0. The first-order valence-corrected chi connectivity index (χ1v) is 7.11. The van der Waals surface area contributed by atoms with Crippen molar-refractivity contribution in [1.29, 1.82) is 0 Å². The molecule has 2 aliphatic rings. The van der Waals surface area contributed by atoms with E-state index in [4.69, 9.17) is 14.2 Å². The minimum absolute atomic E-state index is 0.140. The summed E-state index contributed by atoms with van der Waals surface area (Å²) in [7, 11) is 0. The highest BCUT2D eigenvalue weighted by atomic mass is 16.6. The monoisotopic (exact) mass is 285 g/mol. The van der Waals surface area contributed by atoms with E-state index in [9.17, 15) is 9.59 Å². The number of carbonyl (C=O) groups is 2. The molecule has 0 unspecified atom stereocenters. The van der Waals surface area contributed by atoms with Crippen molar-refractivity contribution in [3.63, 3.8) is 0 Å². The van der Waals surface area contributed by atoms with Crippen LogP contribution in [-0.4, -0.2) is 42.5 Å². The molecule has 1 saturated carbocycles. The molecule has 0 aromatic heterocycles. The highest BCUT2D eigenvalue weighted by Gasteiger charge is 2.51. The standard InChI is InChI=1S/C14H23NO5/c1-5-18-12(16)8-6-10-11(19-10)7-9(8)15-13(17)20-14(2,3)4/h8-11H,5-7H2,1-4H3,(H,15,17)/t8-,9+,10+,11-/m0/s1. The highest BCUT2D eigenvalue weighted by Crippen LogP contribution is 2.40. The first-order chi connectivity index (χ1) is 9.30. The van der Waals surface area contributed by atoms with Crippen LogP contribution in [0.25, 0.3) is 0 Å². The van der Waals surface area contributed by atoms with E-state index in [2.05, 4.69) is 5.32 Å². The third-order valence-corrected chi connectivity index (χ3v) is 3.44. The number of hydrogen-bond acceptors (Lipinski definition) is 5. The summed E-state index contributed by atoms with van der Waals surface area (Å²) in [6.07, 6.45) is 1.02. The topological polar surface area (TPSA) is 77.2 Å². The summed E-state index contributed by atoms with van der Waals surface area (Å²) < 4.78 is 15.8. The van der Waals surface area contributed by atoms with Crippen LogP contribution in [-0.2, 0) is 19.0 Å². The van der Waals surface area contributed by atoms with Gasteiger partial charge in [-0.1, -0.05) is 0 Å². The van der Waals surface area contributed by atoms with E-state index in [1.165, 1.54) is 0 Å². The smallest absolute Gasteiger partial charge is 0.407 e. The number of hydrogen-bond donors (Lipinski definition) is 1. The predicted octanol–water partition coefficient (Wildman–Crippen LogP) is 1.62. The Morgan fingerprint density at radius 1 is 1.25 bits per heavy atom. The van der Waals surface area contributed by atoms with Gasteiger partial charge in [-0.2, -0.15) is 0 Å². The lowest BCUT2D eigenvalue weighted by Gasteiger charge is -2.29. The molecule has 0 aromatic carbocycles. The molecular weight excluding hydrogens is 262 g/mol. The third kappa shape index (κ3) is 3.85. The third-order valence-electron chi connectivity index (χ3n) is 3.44. The molecule has 0 bridgehead atoms. The van der Waals surface area contributed by atoms with Gasteiger partial charge >= 0.3 is 12.1 Å². The van der Waals surface area contributed by atoms with Gasteiger partial charge in [0.15, 0.2) is 0 Å². The van der Waals surface area contributed by atoms with Crippen molar-refractivity contribution in [1.82, 2.24) is 5.32 Å². The lowest BCUT2D eigenvalue weighted by molar-refractivity contribution is -0.149. The van der Waals surface area contributed by atoms with E-state index in [0.29, 0.717) is 19.4 Å². The molecule has 2 rings (SSSR count). The summed E-state index contributed by atoms with van der Waals surface area (Å²) in [5, 5.41) is 2.78. The first kappa shape index (κ1) is 15.1. The summed E-state index contributed by atoms with van der Waals surface area (Å²) >= 11 is 0. The molecule has 0 radical (unpaired) electrons. The molecule has 1 aliphatic heterocycles. The largest absolute Gasteiger partial charge is 0.466 e. The summed E-state index contributed by atoms with van der Waals surface area (Å²) in [6, 6.07) is -0.285. The Balaban J connectivity index is 1.95. The molecule has 1 N–H and O–H groups in total. The van der Waals surface area contributed by atoms with Crippen LogP contribution in [0.1, 0.15) is 40.5 Å². The van der Waals surface area contributed by atoms with Gasteiger partial charge in [0.2, 0.25) is 0 Å². The molecule has 2 fully saturated rings. The average Bonchev–Trinajstić information content (AvgIpc) is 3.03. The molecular formula is C14H23NO5. The van der Waals surface area contributed by atoms with Crippen LogP contribution in [0.2, 0.25) is 0 Å². The first-order valence-electron chi connectivity index (χ1n) is 7.11. The van der Waals surface area contributed by atoms with E-state index in [0.717, 1.165) is 0 Å². The quantitative estimate of drug-likeness (QED) is 0.630. The van der Waals surface area contributed by atoms with E-state index in [1.807, 2.05) is 0 Å². The van der Waals surface area contributed by atoms with Gasteiger partial charge in [-0.05, 0) is 40.5 Å². The Hall–Kier alpha value is -1.30. The fourth-order valence-corrected chi connectivity index (χ4v) is 2.55. The van der Waals surface area contributed by atoms with Crippen LogP contribution < -0.4 is 5.32 Å². The molecule has 1 heterocycles. The fraction of sp³-hybridized carbons (Fsp3) is 0.857. The number of amides is 1. The van der Waals surface area contributed by atoms with Gasteiger partial charge in [-0.15, -0.1) is 0 Å². The molecule has 114 valence electrons. The van der Waals surface area contributed by atoms with E-state index in [-0.39, 0.29) is 30.1 Å². The van der Waals surface area contributed by atoms with Crippen molar-refractivity contribution in [3.05, 3.63) is 0 Å². The van der Waals surface area contributed by atoms with Crippen molar-refractivity contribution in [2.75, 3.05) is 6.61 Å². The maximum atomic E-state index is 12.0. The molecule has 1 amide bonds. The van der Waals surface area contributed by atoms with E-state index < -0.39 is 11.7 Å². The number of alkyl carbamates (subject to hydrolysis) is 1. The van der Waals surface area contributed by atoms with Crippen molar-refractivity contribution in [2.45, 2.75) is 64.4 Å². The predicted molar refractivity (Wildman–Crippen MR) is 71.2 cm³/mol. The molecule has 0 spiro atoms. The van der Waals surface area contributed by atoms with Crippen LogP contribution in [0, 0.1) is 5.92 Å². The number of fused-ring (bicyclic) bond motifs is 1. The molecule has 1 aliphatic carbocycles. The van der Waals surface area contributed by atoms with Crippen molar-refractivity contribution in [3.8, 4) is 0 Å². The van der Waals surface area contributed by atoms with Crippen molar-refractivity contribution in [2.24, 2.45) is 5.92 Å². The van der Waals surface area contributed by atoms with Crippen LogP contribution >= 0.6 is 0 Å². The van der Waals surface area contributed by atoms with Gasteiger partial charge in [-0.25, -0.2) is 4.79 Å². The minimum Gasteiger partial charge on any atom is -0.466 e. The number of esters is 1. The zero-order chi connectivity index (χ0) is 14.9. The van der Waals surface area contributed by atoms with Gasteiger partial charge in [0.05, 0.1) is 24.7 Å². The number of nitrogens with one attached hydrogen (secondary N) is 1. The summed E-state index contributed by atoms with van der Waals surface area (Å²) in [6.45, 7) is 7.51. The Morgan fingerprint density at radius 3 is 2.50 bits per heavy atom. The normalized spacial score (nSPS) is 32.0. The zero-order valence-corrected chi connectivity index (χ0v) is 12.5. The fourth-order valence-electron chi connectivity index (χ4n) is 2.55. The minimum atomic E-state index is -0.559. The van der Waals surface area contributed by atoms with Crippen molar-refractivity contribution < 1.29 is 23.8 Å². The second-order valence-electron chi connectivity index (χ2n) is 6.30. The second kappa shape index (κ2) is 5.60. The van der Waals surface area contributed by atoms with Gasteiger partial charge in [0.25, 0.3) is 0 Å². The molecule has 20 heavy (non-hydrogen) atoms. The van der Waals surface area contributed by atoms with Crippen LogP contribution in [0.4, 0.5) is 4.79 Å². The number of rotatable bonds is 3. The van der Waals surface area contributed by atoms with Crippen LogP contribution in [0.3, 0.4) is 0 Å². The Bertz CT molecular complexity index is 390. The Labute approximate surface area is 119 Å². The maximum Gasteiger partial charge on any atom is 0.407 e. The van der Waals surface area contributed by atoms with Crippen molar-refractivity contribution >= 4 is 12.1 Å². The molecule has 4 atom stereocenters. The summed E-state index contributed by atoms with van der Waals surface area (Å²) in [5.41, 5.74) is -0.559. The number of ether oxygens (including phenoxy) is 3. The Morgan fingerprint density at radius 2 is 1.90 bits per heavy atom. The molecule has 6 heteroatoms. The molecule has 1 saturated heterocycles. The summed E-state index contributed by atoms with van der Waals surface area (Å²) in [4.78, 5) is 23.8. The van der Waals surface area contributed by atoms with Gasteiger partial charge in [0.1, 0.15) is 5.60 Å². The number of epoxide rings is 1. The van der Waals surface area contributed by atoms with E-state index in [1.54, 1.807) is 27.7 Å². The lowest BCUT2D eigenvalue weighted by atomic mass is 9.84. The van der Waals surface area contributed by atoms with Crippen LogP contribution in [0.15, 0.2) is 0 Å². The summed E-state index contributed by atoms with van der Waals surface area (Å²) in [5.74, 6) is -0.631. The second-order valence-corrected chi connectivity index (χ2v) is 6.30. The lowest BCUT2D eigenvalue weighted by Crippen LogP contribution is -2.48. The van der Waals surface area contributed by atoms with Gasteiger partial charge < -0.3 is 19.5 Å². The Kier molecular flexibility index (Phi) is 4.22. The average molecular weight is 285 g/mol. The zero-order valence-electron chi connectivity index (χ0n) is 12.5. The molecule has 6 nitrogen and oxygen atoms in total.